The van der Waals surface area contributed by atoms with E-state index in [0.717, 1.165) is 50.5 Å². The van der Waals surface area contributed by atoms with E-state index in [1.54, 1.807) is 12.1 Å². The number of ether oxygens (including phenoxy) is 2. The molecule has 0 heterocycles. The van der Waals surface area contributed by atoms with Crippen LogP contribution in [0.3, 0.4) is 0 Å². The Bertz CT molecular complexity index is 1050. The summed E-state index contributed by atoms with van der Waals surface area (Å²) in [6, 6.07) is 9.17. The normalized spacial score (nSPS) is 27.8. The third-order valence-electron chi connectivity index (χ3n) is 10.2. The van der Waals surface area contributed by atoms with Gasteiger partial charge >= 0.3 is 11.9 Å². The molecule has 234 valence electrons. The van der Waals surface area contributed by atoms with Crippen LogP contribution < -0.4 is 0 Å². The molecule has 5 heteroatoms. The van der Waals surface area contributed by atoms with Gasteiger partial charge in [-0.1, -0.05) is 102 Å². The van der Waals surface area contributed by atoms with Gasteiger partial charge in [0.1, 0.15) is 12.7 Å². The first-order chi connectivity index (χ1) is 20.1. The molecule has 3 rings (SSSR count). The van der Waals surface area contributed by atoms with Crippen LogP contribution in [0.1, 0.15) is 128 Å². The highest BCUT2D eigenvalue weighted by molar-refractivity contribution is 5.89. The fourth-order valence-corrected chi connectivity index (χ4v) is 7.88. The number of esters is 2. The van der Waals surface area contributed by atoms with Crippen molar-refractivity contribution in [3.63, 3.8) is 0 Å². The Morgan fingerprint density at radius 1 is 1.02 bits per heavy atom. The van der Waals surface area contributed by atoms with E-state index in [1.165, 1.54) is 37.7 Å². The van der Waals surface area contributed by atoms with Crippen LogP contribution in [-0.4, -0.2) is 36.4 Å². The molecule has 0 amide bonds. The number of aliphatic hydroxyl groups excluding tert-OH is 1. The molecule has 0 bridgehead atoms. The minimum atomic E-state index is -0.317. The number of aliphatic hydroxyl groups is 1. The number of benzene rings is 1. The number of hydrogen-bond acceptors (Lipinski definition) is 5. The maximum Gasteiger partial charge on any atom is 0.338 e. The highest BCUT2D eigenvalue weighted by atomic mass is 16.5. The smallest absolute Gasteiger partial charge is 0.338 e. The van der Waals surface area contributed by atoms with Crippen LogP contribution in [0.4, 0.5) is 0 Å². The summed E-state index contributed by atoms with van der Waals surface area (Å²) in [6.07, 6.45) is 16.0. The first kappa shape index (κ1) is 34.1. The lowest BCUT2D eigenvalue weighted by Crippen LogP contribution is -2.58. The lowest BCUT2D eigenvalue weighted by atomic mass is 9.46. The third kappa shape index (κ3) is 9.05. The van der Waals surface area contributed by atoms with Crippen LogP contribution in [0.2, 0.25) is 0 Å². The average Bonchev–Trinajstić information content (AvgIpc) is 2.96. The van der Waals surface area contributed by atoms with E-state index in [9.17, 15) is 14.7 Å². The van der Waals surface area contributed by atoms with Crippen molar-refractivity contribution in [2.45, 2.75) is 124 Å². The molecule has 2 aliphatic rings. The highest BCUT2D eigenvalue weighted by Gasteiger charge is 2.59. The molecule has 1 aromatic rings. The summed E-state index contributed by atoms with van der Waals surface area (Å²) < 4.78 is 11.7. The standard InChI is InChI=1S/C37H56O5/c1-6-7-8-9-10-11-15-19-33(39)41-25-22-28(2)20-21-31-29(3)26-32(42-35(40)30-17-13-12-14-18-30)34-36(4,27-38)23-16-24-37(31,34)5/h12-14,17-18,22,31-32,34,38H,3,6-11,15-16,19-21,23-27H2,1-2,4-5H3/t31-,32-,34+,36+,37-/m1/s1. The van der Waals surface area contributed by atoms with Gasteiger partial charge in [0.25, 0.3) is 0 Å². The average molecular weight is 581 g/mol. The fourth-order valence-electron chi connectivity index (χ4n) is 7.88. The van der Waals surface area contributed by atoms with E-state index in [-0.39, 0.29) is 47.3 Å². The van der Waals surface area contributed by atoms with Crippen molar-refractivity contribution in [2.75, 3.05) is 13.2 Å². The molecule has 1 N–H and O–H groups in total. The largest absolute Gasteiger partial charge is 0.461 e. The summed E-state index contributed by atoms with van der Waals surface area (Å²) in [5.74, 6) is -0.0991. The fraction of sp³-hybridized carbons (Fsp3) is 0.676. The van der Waals surface area contributed by atoms with Gasteiger partial charge in [0.15, 0.2) is 0 Å². The van der Waals surface area contributed by atoms with Crippen molar-refractivity contribution in [1.29, 1.82) is 0 Å². The lowest BCUT2D eigenvalue weighted by Gasteiger charge is -2.60. The molecule has 0 unspecified atom stereocenters. The first-order valence-corrected chi connectivity index (χ1v) is 16.5. The van der Waals surface area contributed by atoms with E-state index in [2.05, 4.69) is 34.3 Å². The minimum absolute atomic E-state index is 0.0452. The van der Waals surface area contributed by atoms with Gasteiger partial charge < -0.3 is 14.6 Å². The molecule has 0 spiro atoms. The third-order valence-corrected chi connectivity index (χ3v) is 10.2. The zero-order chi connectivity index (χ0) is 30.6. The van der Waals surface area contributed by atoms with Gasteiger partial charge in [0.05, 0.1) is 5.56 Å². The van der Waals surface area contributed by atoms with Crippen LogP contribution in [0.5, 0.6) is 0 Å². The summed E-state index contributed by atoms with van der Waals surface area (Å²) in [7, 11) is 0. The molecular weight excluding hydrogens is 524 g/mol. The van der Waals surface area contributed by atoms with Crippen LogP contribution in [-0.2, 0) is 14.3 Å². The van der Waals surface area contributed by atoms with Gasteiger partial charge in [-0.3, -0.25) is 4.79 Å². The predicted octanol–water partition coefficient (Wildman–Crippen LogP) is 9.00. The Hall–Kier alpha value is -2.40. The molecule has 5 atom stereocenters. The van der Waals surface area contributed by atoms with Gasteiger partial charge in [0.2, 0.25) is 0 Å². The molecule has 0 radical (unpaired) electrons. The second-order valence-corrected chi connectivity index (χ2v) is 13.5. The van der Waals surface area contributed by atoms with Crippen LogP contribution in [0.25, 0.3) is 0 Å². The number of fused-ring (bicyclic) bond motifs is 1. The Morgan fingerprint density at radius 2 is 1.71 bits per heavy atom. The van der Waals surface area contributed by atoms with E-state index in [4.69, 9.17) is 9.47 Å². The van der Waals surface area contributed by atoms with Crippen LogP contribution in [0, 0.1) is 22.7 Å². The molecule has 2 saturated carbocycles. The monoisotopic (exact) mass is 580 g/mol. The van der Waals surface area contributed by atoms with Crippen molar-refractivity contribution >= 4 is 11.9 Å². The number of rotatable bonds is 16. The van der Waals surface area contributed by atoms with Gasteiger partial charge in [-0.05, 0) is 74.0 Å². The van der Waals surface area contributed by atoms with Gasteiger partial charge in [-0.25, -0.2) is 4.79 Å². The summed E-state index contributed by atoms with van der Waals surface area (Å²) in [5, 5.41) is 10.6. The molecular formula is C37H56O5. The Labute approximate surface area is 255 Å². The van der Waals surface area contributed by atoms with Crippen molar-refractivity contribution in [3.8, 4) is 0 Å². The maximum atomic E-state index is 13.1. The molecule has 1 aromatic carbocycles. The van der Waals surface area contributed by atoms with Crippen molar-refractivity contribution in [1.82, 2.24) is 0 Å². The SMILES string of the molecule is C=C1C[C@@H](OC(=O)c2ccccc2)[C@H]2[C@](C)(CO)CCC[C@]2(C)[C@@H]1CCC(C)=CCOC(=O)CCCCCCCCC. The Morgan fingerprint density at radius 3 is 2.40 bits per heavy atom. The maximum absolute atomic E-state index is 13.1. The molecule has 2 aliphatic carbocycles. The molecule has 0 aromatic heterocycles. The second kappa shape index (κ2) is 16.4. The van der Waals surface area contributed by atoms with Gasteiger partial charge in [-0.2, -0.15) is 0 Å². The van der Waals surface area contributed by atoms with E-state index >= 15 is 0 Å². The number of hydrogen-bond donors (Lipinski definition) is 1. The minimum Gasteiger partial charge on any atom is -0.461 e. The highest BCUT2D eigenvalue weighted by Crippen LogP contribution is 2.62. The quantitative estimate of drug-likeness (QED) is 0.120. The van der Waals surface area contributed by atoms with Crippen molar-refractivity contribution in [2.24, 2.45) is 22.7 Å². The zero-order valence-corrected chi connectivity index (χ0v) is 26.8. The lowest BCUT2D eigenvalue weighted by molar-refractivity contribution is -0.145. The number of carbonyl (C=O) groups excluding carboxylic acids is 2. The van der Waals surface area contributed by atoms with Crippen LogP contribution in [0.15, 0.2) is 54.1 Å². The van der Waals surface area contributed by atoms with Crippen molar-refractivity contribution in [3.05, 3.63) is 59.7 Å². The summed E-state index contributed by atoms with van der Waals surface area (Å²) in [6.45, 7) is 13.7. The predicted molar refractivity (Wildman–Crippen MR) is 170 cm³/mol. The summed E-state index contributed by atoms with van der Waals surface area (Å²) in [4.78, 5) is 25.3. The number of carbonyl (C=O) groups is 2. The molecule has 5 nitrogen and oxygen atoms in total. The Kier molecular flexibility index (Phi) is 13.4. The molecule has 0 aliphatic heterocycles. The van der Waals surface area contributed by atoms with E-state index in [1.807, 2.05) is 24.3 Å². The van der Waals surface area contributed by atoms with E-state index in [0.29, 0.717) is 25.0 Å². The second-order valence-electron chi connectivity index (χ2n) is 13.5. The zero-order valence-electron chi connectivity index (χ0n) is 26.8. The number of allylic oxidation sites excluding steroid dienone is 1. The van der Waals surface area contributed by atoms with E-state index < -0.39 is 0 Å². The molecule has 42 heavy (non-hydrogen) atoms. The number of unbranched alkanes of at least 4 members (excludes halogenated alkanes) is 6. The molecule has 0 saturated heterocycles. The van der Waals surface area contributed by atoms with Crippen molar-refractivity contribution < 1.29 is 24.2 Å². The van der Waals surface area contributed by atoms with Crippen LogP contribution >= 0.6 is 0 Å². The summed E-state index contributed by atoms with van der Waals surface area (Å²) in [5.41, 5.74) is 2.45. The first-order valence-electron chi connectivity index (χ1n) is 16.5. The Balaban J connectivity index is 1.57. The molecule has 2 fully saturated rings. The van der Waals surface area contributed by atoms with Gasteiger partial charge in [-0.15, -0.1) is 0 Å². The topological polar surface area (TPSA) is 72.8 Å². The summed E-state index contributed by atoms with van der Waals surface area (Å²) >= 11 is 0. The van der Waals surface area contributed by atoms with Gasteiger partial charge in [0, 0.05) is 25.4 Å².